The smallest absolute Gasteiger partial charge is 0.314 e. The van der Waals surface area contributed by atoms with Crippen LogP contribution in [0.2, 0.25) is 0 Å². The molecule has 0 aromatic rings. The minimum atomic E-state index is -0.987. The summed E-state index contributed by atoms with van der Waals surface area (Å²) in [5.74, 6) is -1.93. The van der Waals surface area contributed by atoms with Crippen molar-refractivity contribution in [3.8, 4) is 0 Å². The van der Waals surface area contributed by atoms with Crippen molar-refractivity contribution in [2.45, 2.75) is 51.9 Å². The van der Waals surface area contributed by atoms with Crippen LogP contribution in [0, 0.1) is 5.92 Å². The second kappa shape index (κ2) is 9.33. The Balaban J connectivity index is 3.98. The van der Waals surface area contributed by atoms with Gasteiger partial charge in [-0.25, -0.2) is 0 Å². The Morgan fingerprint density at radius 2 is 1.88 bits per heavy atom. The minimum absolute atomic E-state index is 0.127. The van der Waals surface area contributed by atoms with Gasteiger partial charge in [0.05, 0.1) is 0 Å². The maximum atomic E-state index is 11.6. The van der Waals surface area contributed by atoms with Crippen molar-refractivity contribution in [1.29, 1.82) is 0 Å². The Labute approximate surface area is 97.2 Å². The molecule has 1 atom stereocenters. The molecule has 0 aromatic heterocycles. The van der Waals surface area contributed by atoms with Crippen molar-refractivity contribution in [2.75, 3.05) is 6.54 Å². The molecule has 0 aliphatic rings. The van der Waals surface area contributed by atoms with Gasteiger partial charge in [-0.05, 0) is 25.8 Å². The highest BCUT2D eigenvalue weighted by atomic mass is 16.4. The molecular weight excluding hydrogens is 206 g/mol. The number of carboxylic acid groups (broad SMARTS) is 1. The maximum absolute atomic E-state index is 11.6. The third-order valence-electron chi connectivity index (χ3n) is 2.66. The van der Waals surface area contributed by atoms with E-state index in [1.54, 1.807) is 0 Å². The molecule has 3 N–H and O–H groups in total. The zero-order chi connectivity index (χ0) is 12.4. The van der Waals surface area contributed by atoms with Crippen LogP contribution in [0.3, 0.4) is 0 Å². The summed E-state index contributed by atoms with van der Waals surface area (Å²) < 4.78 is 0. The number of aliphatic carboxylic acids is 1. The van der Waals surface area contributed by atoms with E-state index in [9.17, 15) is 9.59 Å². The molecule has 4 nitrogen and oxygen atoms in total. The highest BCUT2D eigenvalue weighted by Gasteiger charge is 2.24. The van der Waals surface area contributed by atoms with Crippen molar-refractivity contribution in [2.24, 2.45) is 11.7 Å². The SMILES string of the molecule is CCCCCC(=O)C(CCCCN)C(=O)O. The van der Waals surface area contributed by atoms with Crippen LogP contribution in [0.4, 0.5) is 0 Å². The average Bonchev–Trinajstić information content (AvgIpc) is 2.24. The fourth-order valence-corrected chi connectivity index (χ4v) is 1.64. The van der Waals surface area contributed by atoms with Crippen LogP contribution in [0.1, 0.15) is 51.9 Å². The van der Waals surface area contributed by atoms with Gasteiger partial charge in [0.25, 0.3) is 0 Å². The van der Waals surface area contributed by atoms with Crippen LogP contribution in [-0.4, -0.2) is 23.4 Å². The molecule has 94 valence electrons. The number of hydrogen-bond donors (Lipinski definition) is 2. The summed E-state index contributed by atoms with van der Waals surface area (Å²) in [7, 11) is 0. The zero-order valence-electron chi connectivity index (χ0n) is 10.1. The van der Waals surface area contributed by atoms with Gasteiger partial charge < -0.3 is 10.8 Å². The van der Waals surface area contributed by atoms with E-state index in [1.807, 2.05) is 0 Å². The lowest BCUT2D eigenvalue weighted by molar-refractivity contribution is -0.146. The molecular formula is C12H23NO3. The Bertz CT molecular complexity index is 216. The van der Waals surface area contributed by atoms with Gasteiger partial charge in [-0.3, -0.25) is 9.59 Å². The molecule has 1 unspecified atom stereocenters. The topological polar surface area (TPSA) is 80.4 Å². The molecule has 0 bridgehead atoms. The van der Waals surface area contributed by atoms with E-state index in [-0.39, 0.29) is 5.78 Å². The van der Waals surface area contributed by atoms with Gasteiger partial charge in [-0.15, -0.1) is 0 Å². The van der Waals surface area contributed by atoms with Crippen LogP contribution >= 0.6 is 0 Å². The average molecular weight is 229 g/mol. The molecule has 0 spiro atoms. The lowest BCUT2D eigenvalue weighted by Gasteiger charge is -2.10. The van der Waals surface area contributed by atoms with Crippen LogP contribution < -0.4 is 5.73 Å². The largest absolute Gasteiger partial charge is 0.481 e. The fraction of sp³-hybridized carbons (Fsp3) is 0.833. The third-order valence-corrected chi connectivity index (χ3v) is 2.66. The van der Waals surface area contributed by atoms with E-state index >= 15 is 0 Å². The van der Waals surface area contributed by atoms with Gasteiger partial charge in [0, 0.05) is 6.42 Å². The first-order valence-electron chi connectivity index (χ1n) is 6.09. The molecule has 0 saturated carbocycles. The molecule has 0 rings (SSSR count). The first kappa shape index (κ1) is 15.1. The summed E-state index contributed by atoms with van der Waals surface area (Å²) in [6, 6.07) is 0. The van der Waals surface area contributed by atoms with E-state index in [1.165, 1.54) is 0 Å². The number of nitrogens with two attached hydrogens (primary N) is 1. The molecule has 0 saturated heterocycles. The molecule has 0 amide bonds. The predicted molar refractivity (Wildman–Crippen MR) is 63.2 cm³/mol. The Morgan fingerprint density at radius 3 is 2.38 bits per heavy atom. The molecule has 4 heteroatoms. The molecule has 0 fully saturated rings. The first-order chi connectivity index (χ1) is 7.63. The summed E-state index contributed by atoms with van der Waals surface area (Å²) in [6.07, 6.45) is 5.15. The van der Waals surface area contributed by atoms with Gasteiger partial charge in [-0.2, -0.15) is 0 Å². The lowest BCUT2D eigenvalue weighted by Crippen LogP contribution is -2.24. The van der Waals surface area contributed by atoms with Crippen LogP contribution in [-0.2, 0) is 9.59 Å². The van der Waals surface area contributed by atoms with E-state index in [0.717, 1.165) is 25.7 Å². The molecule has 0 radical (unpaired) electrons. The van der Waals surface area contributed by atoms with Gasteiger partial charge in [-0.1, -0.05) is 26.2 Å². The Morgan fingerprint density at radius 1 is 1.19 bits per heavy atom. The number of hydrogen-bond acceptors (Lipinski definition) is 3. The molecule has 16 heavy (non-hydrogen) atoms. The second-order valence-corrected chi connectivity index (χ2v) is 4.10. The molecule has 0 aliphatic carbocycles. The minimum Gasteiger partial charge on any atom is -0.481 e. The van der Waals surface area contributed by atoms with E-state index in [4.69, 9.17) is 10.8 Å². The molecule has 0 aromatic carbocycles. The fourth-order valence-electron chi connectivity index (χ4n) is 1.64. The van der Waals surface area contributed by atoms with Crippen LogP contribution in [0.15, 0.2) is 0 Å². The predicted octanol–water partition coefficient (Wildman–Crippen LogP) is 1.97. The van der Waals surface area contributed by atoms with E-state index in [0.29, 0.717) is 25.8 Å². The monoisotopic (exact) mass is 229 g/mol. The van der Waals surface area contributed by atoms with Crippen molar-refractivity contribution < 1.29 is 14.7 Å². The van der Waals surface area contributed by atoms with Crippen LogP contribution in [0.5, 0.6) is 0 Å². The zero-order valence-corrected chi connectivity index (χ0v) is 10.1. The number of rotatable bonds is 10. The summed E-state index contributed by atoms with van der Waals surface area (Å²) in [5.41, 5.74) is 5.33. The maximum Gasteiger partial charge on any atom is 0.314 e. The molecule has 0 aliphatic heterocycles. The van der Waals surface area contributed by atoms with Gasteiger partial charge >= 0.3 is 5.97 Å². The molecule has 0 heterocycles. The van der Waals surface area contributed by atoms with Crippen LogP contribution in [0.25, 0.3) is 0 Å². The second-order valence-electron chi connectivity index (χ2n) is 4.10. The van der Waals surface area contributed by atoms with Gasteiger partial charge in [0.15, 0.2) is 0 Å². The normalized spacial score (nSPS) is 12.4. The highest BCUT2D eigenvalue weighted by Crippen LogP contribution is 2.14. The van der Waals surface area contributed by atoms with Gasteiger partial charge in [0.1, 0.15) is 11.7 Å². The van der Waals surface area contributed by atoms with Crippen molar-refractivity contribution in [3.05, 3.63) is 0 Å². The number of Topliss-reactive ketones (excluding diaryl/α,β-unsaturated/α-hetero) is 1. The summed E-state index contributed by atoms with van der Waals surface area (Å²) in [6.45, 7) is 2.61. The summed E-state index contributed by atoms with van der Waals surface area (Å²) in [4.78, 5) is 22.6. The number of ketones is 1. The summed E-state index contributed by atoms with van der Waals surface area (Å²) in [5, 5.41) is 8.95. The Kier molecular flexibility index (Phi) is 8.81. The first-order valence-corrected chi connectivity index (χ1v) is 6.09. The Hall–Kier alpha value is -0.900. The quantitative estimate of drug-likeness (QED) is 0.443. The number of carboxylic acids is 1. The number of carbonyl (C=O) groups excluding carboxylic acids is 1. The lowest BCUT2D eigenvalue weighted by atomic mass is 9.94. The van der Waals surface area contributed by atoms with E-state index in [2.05, 4.69) is 6.92 Å². The number of carbonyl (C=O) groups is 2. The summed E-state index contributed by atoms with van der Waals surface area (Å²) >= 11 is 0. The van der Waals surface area contributed by atoms with Gasteiger partial charge in [0.2, 0.25) is 0 Å². The van der Waals surface area contributed by atoms with Crippen molar-refractivity contribution in [1.82, 2.24) is 0 Å². The van der Waals surface area contributed by atoms with E-state index < -0.39 is 11.9 Å². The standard InChI is InChI=1S/C12H23NO3/c1-2-3-4-8-11(14)10(12(15)16)7-5-6-9-13/h10H,2-9,13H2,1H3,(H,15,16). The third kappa shape index (κ3) is 6.56. The van der Waals surface area contributed by atoms with Crippen molar-refractivity contribution >= 4 is 11.8 Å². The number of unbranched alkanes of at least 4 members (excludes halogenated alkanes) is 3. The highest BCUT2D eigenvalue weighted by molar-refractivity contribution is 5.98. The van der Waals surface area contributed by atoms with Crippen molar-refractivity contribution in [3.63, 3.8) is 0 Å².